The molecule has 0 spiro atoms. The van der Waals surface area contributed by atoms with Gasteiger partial charge in [0.1, 0.15) is 5.69 Å². The molecule has 98 valence electrons. The molecule has 0 radical (unpaired) electrons. The molecule has 0 fully saturated rings. The first-order valence-electron chi connectivity index (χ1n) is 5.21. The van der Waals surface area contributed by atoms with Gasteiger partial charge in [0, 0.05) is 11.8 Å². The van der Waals surface area contributed by atoms with E-state index in [-0.39, 0.29) is 16.8 Å². The third-order valence-electron chi connectivity index (χ3n) is 2.53. The minimum Gasteiger partial charge on any atom is -0.298 e. The molecule has 1 aromatic carbocycles. The molecule has 2 nitrogen and oxygen atoms in total. The Morgan fingerprint density at radius 2 is 1.68 bits per heavy atom. The number of carbonyl (C=O) groups is 1. The Labute approximate surface area is 105 Å². The zero-order valence-electron chi connectivity index (χ0n) is 9.41. The van der Waals surface area contributed by atoms with Gasteiger partial charge >= 0.3 is 6.18 Å². The molecule has 0 aliphatic carbocycles. The lowest BCUT2D eigenvalue weighted by atomic mass is 10.1. The zero-order chi connectivity index (χ0) is 14.0. The highest BCUT2D eigenvalue weighted by Crippen LogP contribution is 2.31. The number of aromatic nitrogens is 1. The number of halogens is 4. The van der Waals surface area contributed by atoms with Crippen LogP contribution in [0.1, 0.15) is 15.9 Å². The highest BCUT2D eigenvalue weighted by Gasteiger charge is 2.30. The van der Waals surface area contributed by atoms with Crippen LogP contribution in [0.25, 0.3) is 11.3 Å². The first-order valence-corrected chi connectivity index (χ1v) is 5.21. The molecule has 0 atom stereocenters. The van der Waals surface area contributed by atoms with Crippen LogP contribution in [0.3, 0.4) is 0 Å². The number of benzene rings is 1. The van der Waals surface area contributed by atoms with Crippen LogP contribution in [0.15, 0.2) is 36.5 Å². The molecule has 0 aliphatic rings. The van der Waals surface area contributed by atoms with Gasteiger partial charge in [-0.25, -0.2) is 4.39 Å². The second-order valence-electron chi connectivity index (χ2n) is 3.76. The van der Waals surface area contributed by atoms with Gasteiger partial charge in [0.25, 0.3) is 0 Å². The summed E-state index contributed by atoms with van der Waals surface area (Å²) in [5.74, 6) is -0.850. The molecule has 0 bridgehead atoms. The normalized spacial score (nSPS) is 11.4. The molecule has 0 amide bonds. The lowest BCUT2D eigenvalue weighted by Gasteiger charge is -2.08. The van der Waals surface area contributed by atoms with E-state index in [4.69, 9.17) is 0 Å². The second-order valence-corrected chi connectivity index (χ2v) is 3.76. The minimum absolute atomic E-state index is 0.154. The Morgan fingerprint density at radius 1 is 1.05 bits per heavy atom. The molecule has 2 aromatic rings. The summed E-state index contributed by atoms with van der Waals surface area (Å²) in [6.45, 7) is 0. The van der Waals surface area contributed by atoms with E-state index in [0.29, 0.717) is 6.29 Å². The smallest absolute Gasteiger partial charge is 0.298 e. The fraction of sp³-hybridized carbons (Fsp3) is 0.0769. The Morgan fingerprint density at radius 3 is 2.21 bits per heavy atom. The van der Waals surface area contributed by atoms with E-state index in [2.05, 4.69) is 4.98 Å². The van der Waals surface area contributed by atoms with Crippen molar-refractivity contribution in [1.29, 1.82) is 0 Å². The maximum atomic E-state index is 13.8. The second kappa shape index (κ2) is 4.79. The Hall–Kier alpha value is -2.24. The van der Waals surface area contributed by atoms with E-state index in [0.717, 1.165) is 24.3 Å². The summed E-state index contributed by atoms with van der Waals surface area (Å²) >= 11 is 0. The van der Waals surface area contributed by atoms with Gasteiger partial charge in [-0.1, -0.05) is 12.1 Å². The number of carbonyl (C=O) groups excluding carboxylic acids is 1. The van der Waals surface area contributed by atoms with Crippen LogP contribution in [0, 0.1) is 5.82 Å². The summed E-state index contributed by atoms with van der Waals surface area (Å²) in [4.78, 5) is 14.3. The number of alkyl halides is 3. The third-order valence-corrected chi connectivity index (χ3v) is 2.53. The average molecular weight is 269 g/mol. The van der Waals surface area contributed by atoms with Crippen molar-refractivity contribution >= 4 is 6.29 Å². The van der Waals surface area contributed by atoms with Crippen molar-refractivity contribution in [3.63, 3.8) is 0 Å². The minimum atomic E-state index is -4.45. The van der Waals surface area contributed by atoms with Crippen LogP contribution in [-0.2, 0) is 6.18 Å². The number of pyridine rings is 1. The molecule has 2 rings (SSSR count). The standard InChI is InChI=1S/C13H7F4NO/c14-11-9(7-19)5-6-18-12(11)8-1-3-10(4-2-8)13(15,16)17/h1-7H. The predicted octanol–water partition coefficient (Wildman–Crippen LogP) is 3.72. The summed E-state index contributed by atoms with van der Waals surface area (Å²) in [7, 11) is 0. The predicted molar refractivity (Wildman–Crippen MR) is 60.0 cm³/mol. The summed E-state index contributed by atoms with van der Waals surface area (Å²) in [5.41, 5.74) is -0.999. The largest absolute Gasteiger partial charge is 0.416 e. The molecule has 6 heteroatoms. The molecule has 19 heavy (non-hydrogen) atoms. The number of hydrogen-bond donors (Lipinski definition) is 0. The maximum absolute atomic E-state index is 13.8. The third kappa shape index (κ3) is 2.62. The van der Waals surface area contributed by atoms with Gasteiger partial charge in [0.15, 0.2) is 12.1 Å². The van der Waals surface area contributed by atoms with Crippen LogP contribution in [0.5, 0.6) is 0 Å². The lowest BCUT2D eigenvalue weighted by Crippen LogP contribution is -2.04. The van der Waals surface area contributed by atoms with Crippen LogP contribution >= 0.6 is 0 Å². The van der Waals surface area contributed by atoms with E-state index in [1.807, 2.05) is 0 Å². The van der Waals surface area contributed by atoms with Crippen molar-refractivity contribution in [2.24, 2.45) is 0 Å². The lowest BCUT2D eigenvalue weighted by molar-refractivity contribution is -0.137. The summed E-state index contributed by atoms with van der Waals surface area (Å²) in [6, 6.07) is 5.09. The molecule has 0 aliphatic heterocycles. The highest BCUT2D eigenvalue weighted by atomic mass is 19.4. The van der Waals surface area contributed by atoms with E-state index >= 15 is 0 Å². The van der Waals surface area contributed by atoms with E-state index in [9.17, 15) is 22.4 Å². The Bertz CT molecular complexity index is 605. The monoisotopic (exact) mass is 269 g/mol. The van der Waals surface area contributed by atoms with Crippen molar-refractivity contribution in [2.45, 2.75) is 6.18 Å². The summed E-state index contributed by atoms with van der Waals surface area (Å²) in [6.07, 6.45) is -2.90. The van der Waals surface area contributed by atoms with Crippen LogP contribution in [0.4, 0.5) is 17.6 Å². The highest BCUT2D eigenvalue weighted by molar-refractivity contribution is 5.78. The van der Waals surface area contributed by atoms with Gasteiger partial charge in [0.2, 0.25) is 0 Å². The summed E-state index contributed by atoms with van der Waals surface area (Å²) < 4.78 is 50.9. The van der Waals surface area contributed by atoms with Gasteiger partial charge in [-0.3, -0.25) is 9.78 Å². The number of hydrogen-bond acceptors (Lipinski definition) is 2. The van der Waals surface area contributed by atoms with Gasteiger partial charge < -0.3 is 0 Å². The van der Waals surface area contributed by atoms with E-state index < -0.39 is 17.6 Å². The first kappa shape index (κ1) is 13.2. The molecule has 0 N–H and O–H groups in total. The van der Waals surface area contributed by atoms with Crippen LogP contribution < -0.4 is 0 Å². The summed E-state index contributed by atoms with van der Waals surface area (Å²) in [5, 5.41) is 0. The molecular formula is C13H7F4NO. The van der Waals surface area contributed by atoms with Crippen molar-refractivity contribution in [3.8, 4) is 11.3 Å². The van der Waals surface area contributed by atoms with E-state index in [1.165, 1.54) is 12.3 Å². The SMILES string of the molecule is O=Cc1ccnc(-c2ccc(C(F)(F)F)cc2)c1F. The average Bonchev–Trinajstić information content (AvgIpc) is 2.38. The van der Waals surface area contributed by atoms with Gasteiger partial charge in [-0.05, 0) is 18.2 Å². The van der Waals surface area contributed by atoms with Gasteiger partial charge in [0.05, 0.1) is 11.1 Å². The van der Waals surface area contributed by atoms with Crippen molar-refractivity contribution in [1.82, 2.24) is 4.98 Å². The van der Waals surface area contributed by atoms with Crippen molar-refractivity contribution in [2.75, 3.05) is 0 Å². The number of nitrogens with zero attached hydrogens (tertiary/aromatic N) is 1. The molecule has 0 saturated carbocycles. The van der Waals surface area contributed by atoms with Crippen LogP contribution in [0.2, 0.25) is 0 Å². The Kier molecular flexibility index (Phi) is 3.33. The number of rotatable bonds is 2. The fourth-order valence-corrected chi connectivity index (χ4v) is 1.57. The zero-order valence-corrected chi connectivity index (χ0v) is 9.41. The first-order chi connectivity index (χ1) is 8.93. The number of aldehydes is 1. The van der Waals surface area contributed by atoms with E-state index in [1.54, 1.807) is 0 Å². The topological polar surface area (TPSA) is 30.0 Å². The molecule has 0 unspecified atom stereocenters. The van der Waals surface area contributed by atoms with Crippen molar-refractivity contribution in [3.05, 3.63) is 53.5 Å². The molecule has 0 saturated heterocycles. The Balaban J connectivity index is 2.46. The van der Waals surface area contributed by atoms with Crippen LogP contribution in [-0.4, -0.2) is 11.3 Å². The molecule has 1 heterocycles. The van der Waals surface area contributed by atoms with Gasteiger partial charge in [-0.15, -0.1) is 0 Å². The molecule has 1 aromatic heterocycles. The maximum Gasteiger partial charge on any atom is 0.416 e. The molecular weight excluding hydrogens is 262 g/mol. The fourth-order valence-electron chi connectivity index (χ4n) is 1.57. The van der Waals surface area contributed by atoms with Crippen molar-refractivity contribution < 1.29 is 22.4 Å². The quantitative estimate of drug-likeness (QED) is 0.614. The van der Waals surface area contributed by atoms with Gasteiger partial charge in [-0.2, -0.15) is 13.2 Å².